The Hall–Kier alpha value is -2.87. The van der Waals surface area contributed by atoms with Gasteiger partial charge in [-0.2, -0.15) is 13.2 Å². The molecule has 0 aliphatic carbocycles. The van der Waals surface area contributed by atoms with Gasteiger partial charge in [-0.15, -0.1) is 0 Å². The van der Waals surface area contributed by atoms with Crippen molar-refractivity contribution in [2.75, 3.05) is 17.7 Å². The van der Waals surface area contributed by atoms with Crippen LogP contribution in [-0.4, -0.2) is 18.9 Å². The standard InChI is InChI=1S/C18H17F3N2O3/c1-11(24)22-14-6-7-16(15(9-14)18(19,20)21)23-17(25)13-5-3-4-12(8-13)10-26-2/h3-9H,10H2,1-2H3,(H,22,24)(H,23,25). The van der Waals surface area contributed by atoms with Gasteiger partial charge in [0.25, 0.3) is 5.91 Å². The fraction of sp³-hybridized carbons (Fsp3) is 0.222. The van der Waals surface area contributed by atoms with E-state index in [1.54, 1.807) is 12.1 Å². The summed E-state index contributed by atoms with van der Waals surface area (Å²) in [5.41, 5.74) is -0.528. The van der Waals surface area contributed by atoms with Crippen LogP contribution in [0.4, 0.5) is 24.5 Å². The van der Waals surface area contributed by atoms with Crippen molar-refractivity contribution in [1.29, 1.82) is 0 Å². The largest absolute Gasteiger partial charge is 0.418 e. The zero-order valence-electron chi connectivity index (χ0n) is 14.1. The zero-order chi connectivity index (χ0) is 19.3. The van der Waals surface area contributed by atoms with Crippen LogP contribution < -0.4 is 10.6 Å². The molecular formula is C18H17F3N2O3. The molecule has 0 bridgehead atoms. The molecule has 138 valence electrons. The monoisotopic (exact) mass is 366 g/mol. The summed E-state index contributed by atoms with van der Waals surface area (Å²) in [6.07, 6.45) is -4.70. The van der Waals surface area contributed by atoms with Crippen molar-refractivity contribution in [3.05, 3.63) is 59.2 Å². The van der Waals surface area contributed by atoms with E-state index in [0.717, 1.165) is 17.7 Å². The van der Waals surface area contributed by atoms with Gasteiger partial charge < -0.3 is 15.4 Å². The maximum Gasteiger partial charge on any atom is 0.418 e. The van der Waals surface area contributed by atoms with Crippen LogP contribution in [0.2, 0.25) is 0 Å². The molecule has 0 aliphatic rings. The number of hydrogen-bond donors (Lipinski definition) is 2. The zero-order valence-corrected chi connectivity index (χ0v) is 14.1. The lowest BCUT2D eigenvalue weighted by Gasteiger charge is -2.16. The molecule has 5 nitrogen and oxygen atoms in total. The number of nitrogens with one attached hydrogen (secondary N) is 2. The van der Waals surface area contributed by atoms with Crippen molar-refractivity contribution in [2.24, 2.45) is 0 Å². The van der Waals surface area contributed by atoms with E-state index in [0.29, 0.717) is 0 Å². The van der Waals surface area contributed by atoms with E-state index >= 15 is 0 Å². The molecule has 8 heteroatoms. The summed E-state index contributed by atoms with van der Waals surface area (Å²) in [5, 5.41) is 4.56. The van der Waals surface area contributed by atoms with E-state index < -0.39 is 29.2 Å². The van der Waals surface area contributed by atoms with Crippen LogP contribution in [0.5, 0.6) is 0 Å². The lowest BCUT2D eigenvalue weighted by Crippen LogP contribution is -2.17. The minimum absolute atomic E-state index is 0.00934. The summed E-state index contributed by atoms with van der Waals surface area (Å²) >= 11 is 0. The van der Waals surface area contributed by atoms with Crippen molar-refractivity contribution in [1.82, 2.24) is 0 Å². The minimum Gasteiger partial charge on any atom is -0.380 e. The predicted octanol–water partition coefficient (Wildman–Crippen LogP) is 4.06. The van der Waals surface area contributed by atoms with Crippen molar-refractivity contribution < 1.29 is 27.5 Å². The van der Waals surface area contributed by atoms with Crippen LogP contribution in [0.25, 0.3) is 0 Å². The smallest absolute Gasteiger partial charge is 0.380 e. The van der Waals surface area contributed by atoms with E-state index in [9.17, 15) is 22.8 Å². The molecule has 0 radical (unpaired) electrons. The Kier molecular flexibility index (Phi) is 5.99. The van der Waals surface area contributed by atoms with E-state index in [1.165, 1.54) is 32.2 Å². The summed E-state index contributed by atoms with van der Waals surface area (Å²) in [7, 11) is 1.50. The maximum atomic E-state index is 13.3. The Bertz CT molecular complexity index is 820. The van der Waals surface area contributed by atoms with Gasteiger partial charge in [0.2, 0.25) is 5.91 Å². The molecule has 0 aliphatic heterocycles. The Balaban J connectivity index is 2.31. The maximum absolute atomic E-state index is 13.3. The molecule has 26 heavy (non-hydrogen) atoms. The molecule has 2 N–H and O–H groups in total. The average Bonchev–Trinajstić information content (AvgIpc) is 2.55. The molecule has 2 rings (SSSR count). The summed E-state index contributed by atoms with van der Waals surface area (Å²) in [4.78, 5) is 23.4. The highest BCUT2D eigenvalue weighted by atomic mass is 19.4. The third-order valence-corrected chi connectivity index (χ3v) is 3.39. The van der Waals surface area contributed by atoms with Crippen LogP contribution in [-0.2, 0) is 22.3 Å². The Morgan fingerprint density at radius 2 is 1.81 bits per heavy atom. The highest BCUT2D eigenvalue weighted by Gasteiger charge is 2.34. The lowest BCUT2D eigenvalue weighted by molar-refractivity contribution is -0.137. The highest BCUT2D eigenvalue weighted by Crippen LogP contribution is 2.36. The number of rotatable bonds is 5. The number of alkyl halides is 3. The van der Waals surface area contributed by atoms with Crippen molar-refractivity contribution in [3.8, 4) is 0 Å². The number of methoxy groups -OCH3 is 1. The number of carbonyl (C=O) groups excluding carboxylic acids is 2. The number of halogens is 3. The van der Waals surface area contributed by atoms with Gasteiger partial charge >= 0.3 is 6.18 Å². The third kappa shape index (κ3) is 5.06. The molecule has 0 spiro atoms. The van der Waals surface area contributed by atoms with E-state index in [2.05, 4.69) is 10.6 Å². The Morgan fingerprint density at radius 1 is 1.08 bits per heavy atom. The fourth-order valence-electron chi connectivity index (χ4n) is 2.33. The number of hydrogen-bond acceptors (Lipinski definition) is 3. The van der Waals surface area contributed by atoms with E-state index in [1.807, 2.05) is 0 Å². The molecule has 0 saturated carbocycles. The molecule has 2 aromatic rings. The van der Waals surface area contributed by atoms with Crippen LogP contribution >= 0.6 is 0 Å². The number of ether oxygens (including phenoxy) is 1. The minimum atomic E-state index is -4.70. The molecule has 2 amide bonds. The predicted molar refractivity (Wildman–Crippen MR) is 90.9 cm³/mol. The molecule has 0 aromatic heterocycles. The van der Waals surface area contributed by atoms with Gasteiger partial charge in [0.15, 0.2) is 0 Å². The van der Waals surface area contributed by atoms with Crippen LogP contribution in [0.15, 0.2) is 42.5 Å². The second-order valence-corrected chi connectivity index (χ2v) is 5.53. The van der Waals surface area contributed by atoms with Gasteiger partial charge in [-0.25, -0.2) is 0 Å². The Labute approximate surface area is 148 Å². The fourth-order valence-corrected chi connectivity index (χ4v) is 2.33. The number of benzene rings is 2. The second kappa shape index (κ2) is 8.01. The molecule has 0 fully saturated rings. The summed E-state index contributed by atoms with van der Waals surface area (Å²) in [5.74, 6) is -1.18. The quantitative estimate of drug-likeness (QED) is 0.839. The van der Waals surface area contributed by atoms with E-state index in [4.69, 9.17) is 4.74 Å². The lowest BCUT2D eigenvalue weighted by atomic mass is 10.1. The molecule has 0 heterocycles. The third-order valence-electron chi connectivity index (χ3n) is 3.39. The van der Waals surface area contributed by atoms with Crippen molar-refractivity contribution >= 4 is 23.2 Å². The van der Waals surface area contributed by atoms with Gasteiger partial charge in [-0.05, 0) is 35.9 Å². The van der Waals surface area contributed by atoms with Gasteiger partial charge in [-0.1, -0.05) is 12.1 Å². The van der Waals surface area contributed by atoms with Gasteiger partial charge in [0.05, 0.1) is 17.9 Å². The first-order valence-electron chi connectivity index (χ1n) is 7.59. The average molecular weight is 366 g/mol. The first kappa shape index (κ1) is 19.5. The molecule has 0 atom stereocenters. The van der Waals surface area contributed by atoms with Crippen LogP contribution in [0.3, 0.4) is 0 Å². The van der Waals surface area contributed by atoms with Crippen LogP contribution in [0, 0.1) is 0 Å². The van der Waals surface area contributed by atoms with Crippen molar-refractivity contribution in [3.63, 3.8) is 0 Å². The SMILES string of the molecule is COCc1cccc(C(=O)Nc2ccc(NC(C)=O)cc2C(F)(F)F)c1. The molecule has 0 saturated heterocycles. The highest BCUT2D eigenvalue weighted by molar-refractivity contribution is 6.05. The summed E-state index contributed by atoms with van der Waals surface area (Å²) < 4.78 is 44.9. The second-order valence-electron chi connectivity index (χ2n) is 5.53. The summed E-state index contributed by atoms with van der Waals surface area (Å²) in [6, 6.07) is 9.56. The van der Waals surface area contributed by atoms with Gasteiger partial charge in [-0.3, -0.25) is 9.59 Å². The van der Waals surface area contributed by atoms with E-state index in [-0.39, 0.29) is 17.9 Å². The normalized spacial score (nSPS) is 11.1. The molecule has 0 unspecified atom stereocenters. The Morgan fingerprint density at radius 3 is 2.42 bits per heavy atom. The van der Waals surface area contributed by atoms with Crippen molar-refractivity contribution in [2.45, 2.75) is 19.7 Å². The summed E-state index contributed by atoms with van der Waals surface area (Å²) in [6.45, 7) is 1.47. The first-order valence-corrected chi connectivity index (χ1v) is 7.59. The topological polar surface area (TPSA) is 67.4 Å². The first-order chi connectivity index (χ1) is 12.2. The number of carbonyl (C=O) groups is 2. The van der Waals surface area contributed by atoms with Crippen LogP contribution in [0.1, 0.15) is 28.4 Å². The number of amides is 2. The molecule has 2 aromatic carbocycles. The van der Waals surface area contributed by atoms with Gasteiger partial charge in [0.1, 0.15) is 0 Å². The molecular weight excluding hydrogens is 349 g/mol. The number of anilines is 2. The van der Waals surface area contributed by atoms with Gasteiger partial charge in [0, 0.05) is 25.3 Å².